The molecule has 2 rings (SSSR count). The van der Waals surface area contributed by atoms with Crippen LogP contribution in [0.5, 0.6) is 0 Å². The molecular formula is C9H8FN5O2S. The van der Waals surface area contributed by atoms with Gasteiger partial charge in [0.2, 0.25) is 0 Å². The van der Waals surface area contributed by atoms with E-state index in [1.807, 2.05) is 0 Å². The molecule has 0 saturated carbocycles. The van der Waals surface area contributed by atoms with E-state index in [4.69, 9.17) is 5.73 Å². The predicted molar refractivity (Wildman–Crippen MR) is 61.4 cm³/mol. The van der Waals surface area contributed by atoms with Crippen LogP contribution in [0.2, 0.25) is 0 Å². The van der Waals surface area contributed by atoms with Gasteiger partial charge in [-0.2, -0.15) is 5.10 Å². The summed E-state index contributed by atoms with van der Waals surface area (Å²) in [6, 6.07) is 2.98. The average molecular weight is 269 g/mol. The van der Waals surface area contributed by atoms with Crippen LogP contribution in [0, 0.1) is 5.82 Å². The quantitative estimate of drug-likeness (QED) is 0.780. The Balaban J connectivity index is 2.37. The number of nitrogens with one attached hydrogen (secondary N) is 1. The Morgan fingerprint density at radius 3 is 2.61 bits per heavy atom. The number of aromatic nitrogens is 3. The molecule has 2 aromatic rings. The summed E-state index contributed by atoms with van der Waals surface area (Å²) in [4.78, 5) is 3.33. The van der Waals surface area contributed by atoms with E-state index in [0.29, 0.717) is 0 Å². The smallest absolute Gasteiger partial charge is 0.264 e. The molecule has 1 aromatic carbocycles. The number of anilines is 2. The van der Waals surface area contributed by atoms with Gasteiger partial charge >= 0.3 is 0 Å². The van der Waals surface area contributed by atoms with E-state index in [1.54, 1.807) is 0 Å². The lowest BCUT2D eigenvalue weighted by Crippen LogP contribution is -2.15. The summed E-state index contributed by atoms with van der Waals surface area (Å²) in [5, 5.41) is 6.92. The Kier molecular flexibility index (Phi) is 3.06. The van der Waals surface area contributed by atoms with Crippen molar-refractivity contribution < 1.29 is 12.8 Å². The van der Waals surface area contributed by atoms with Gasteiger partial charge in [0.25, 0.3) is 16.0 Å². The van der Waals surface area contributed by atoms with E-state index in [1.165, 1.54) is 12.4 Å². The first kappa shape index (κ1) is 12.2. The van der Waals surface area contributed by atoms with Gasteiger partial charge < -0.3 is 5.73 Å². The molecule has 0 radical (unpaired) electrons. The highest BCUT2D eigenvalue weighted by molar-refractivity contribution is 7.92. The molecule has 0 saturated heterocycles. The second-order valence-corrected chi connectivity index (χ2v) is 4.97. The normalized spacial score (nSPS) is 11.2. The van der Waals surface area contributed by atoms with E-state index in [0.717, 1.165) is 18.2 Å². The van der Waals surface area contributed by atoms with Crippen LogP contribution in [0.3, 0.4) is 0 Å². The summed E-state index contributed by atoms with van der Waals surface area (Å²) in [6.45, 7) is 0. The number of nitrogen functional groups attached to an aromatic ring is 1. The van der Waals surface area contributed by atoms with Crippen molar-refractivity contribution in [2.24, 2.45) is 0 Å². The predicted octanol–water partition coefficient (Wildman–Crippen LogP) is 0.394. The lowest BCUT2D eigenvalue weighted by atomic mass is 10.3. The van der Waals surface area contributed by atoms with Crippen molar-refractivity contribution >= 4 is 21.7 Å². The fourth-order valence-electron chi connectivity index (χ4n) is 1.21. The van der Waals surface area contributed by atoms with Gasteiger partial charge in [0.1, 0.15) is 5.82 Å². The Morgan fingerprint density at radius 1 is 1.22 bits per heavy atom. The standard InChI is InChI=1S/C9H8FN5O2S/c10-6-3-7(11)5-8(4-6)18(16,17)15-9-12-1-2-13-14-9/h1-5H,11H2,(H,12,14,15). The van der Waals surface area contributed by atoms with Crippen molar-refractivity contribution in [2.75, 3.05) is 10.5 Å². The van der Waals surface area contributed by atoms with Crippen LogP contribution >= 0.6 is 0 Å². The Hall–Kier alpha value is -2.29. The average Bonchev–Trinajstić information content (AvgIpc) is 2.28. The summed E-state index contributed by atoms with van der Waals surface area (Å²) in [7, 11) is -3.99. The van der Waals surface area contributed by atoms with Crippen molar-refractivity contribution in [1.82, 2.24) is 15.2 Å². The van der Waals surface area contributed by atoms with Gasteiger partial charge in [-0.1, -0.05) is 0 Å². The lowest BCUT2D eigenvalue weighted by Gasteiger charge is -2.06. The summed E-state index contributed by atoms with van der Waals surface area (Å²) in [5.74, 6) is -0.956. The first-order chi connectivity index (χ1) is 8.47. The maximum atomic E-state index is 13.1. The number of nitrogens with two attached hydrogens (primary N) is 1. The van der Waals surface area contributed by atoms with E-state index in [2.05, 4.69) is 19.9 Å². The van der Waals surface area contributed by atoms with Gasteiger partial charge in [0.05, 0.1) is 17.3 Å². The van der Waals surface area contributed by atoms with Gasteiger partial charge in [0.15, 0.2) is 0 Å². The number of rotatable bonds is 3. The maximum Gasteiger partial charge on any atom is 0.264 e. The minimum atomic E-state index is -3.99. The Morgan fingerprint density at radius 2 is 2.00 bits per heavy atom. The molecule has 3 N–H and O–H groups in total. The molecule has 9 heteroatoms. The van der Waals surface area contributed by atoms with Crippen LogP contribution in [0.4, 0.5) is 16.0 Å². The highest BCUT2D eigenvalue weighted by Crippen LogP contribution is 2.17. The van der Waals surface area contributed by atoms with Crippen LogP contribution in [0.1, 0.15) is 0 Å². The molecule has 0 aliphatic rings. The second kappa shape index (κ2) is 4.53. The summed E-state index contributed by atoms with van der Waals surface area (Å²) in [5.41, 5.74) is 5.38. The van der Waals surface area contributed by atoms with E-state index in [-0.39, 0.29) is 16.5 Å². The van der Waals surface area contributed by atoms with Crippen molar-refractivity contribution in [2.45, 2.75) is 4.90 Å². The Labute approximate surface area is 102 Å². The van der Waals surface area contributed by atoms with Gasteiger partial charge in [0, 0.05) is 5.69 Å². The first-order valence-corrected chi connectivity index (χ1v) is 6.18. The number of sulfonamides is 1. The number of nitrogens with zero attached hydrogens (tertiary/aromatic N) is 3. The van der Waals surface area contributed by atoms with Gasteiger partial charge in [-0.3, -0.25) is 0 Å². The number of hydrogen-bond acceptors (Lipinski definition) is 6. The number of halogens is 1. The third-order valence-electron chi connectivity index (χ3n) is 1.91. The second-order valence-electron chi connectivity index (χ2n) is 3.29. The molecule has 0 aliphatic heterocycles. The lowest BCUT2D eigenvalue weighted by molar-refractivity contribution is 0.595. The zero-order chi connectivity index (χ0) is 13.2. The molecule has 94 valence electrons. The largest absolute Gasteiger partial charge is 0.399 e. The molecule has 1 heterocycles. The van der Waals surface area contributed by atoms with E-state index < -0.39 is 15.8 Å². The van der Waals surface area contributed by atoms with Crippen molar-refractivity contribution in [3.8, 4) is 0 Å². The van der Waals surface area contributed by atoms with Gasteiger partial charge in [-0.25, -0.2) is 22.5 Å². The molecule has 0 fully saturated rings. The van der Waals surface area contributed by atoms with Crippen LogP contribution in [-0.2, 0) is 10.0 Å². The highest BCUT2D eigenvalue weighted by atomic mass is 32.2. The molecule has 0 amide bonds. The summed E-state index contributed by atoms with van der Waals surface area (Å²) >= 11 is 0. The third kappa shape index (κ3) is 2.69. The monoisotopic (exact) mass is 269 g/mol. The van der Waals surface area contributed by atoms with E-state index in [9.17, 15) is 12.8 Å². The summed E-state index contributed by atoms with van der Waals surface area (Å²) < 4.78 is 38.9. The van der Waals surface area contributed by atoms with Gasteiger partial charge in [-0.15, -0.1) is 5.10 Å². The fraction of sp³-hybridized carbons (Fsp3) is 0. The Bertz CT molecular complexity index is 642. The zero-order valence-corrected chi connectivity index (χ0v) is 9.72. The van der Waals surface area contributed by atoms with Crippen LogP contribution in [0.25, 0.3) is 0 Å². The highest BCUT2D eigenvalue weighted by Gasteiger charge is 2.17. The molecule has 0 aliphatic carbocycles. The number of benzene rings is 1. The first-order valence-electron chi connectivity index (χ1n) is 4.70. The molecule has 7 nitrogen and oxygen atoms in total. The number of hydrogen-bond donors (Lipinski definition) is 2. The van der Waals surface area contributed by atoms with Crippen LogP contribution < -0.4 is 10.5 Å². The summed E-state index contributed by atoms with van der Waals surface area (Å²) in [6.07, 6.45) is 2.56. The molecule has 1 aromatic heterocycles. The molecule has 0 bridgehead atoms. The van der Waals surface area contributed by atoms with Crippen LogP contribution in [0.15, 0.2) is 35.5 Å². The third-order valence-corrected chi connectivity index (χ3v) is 3.22. The van der Waals surface area contributed by atoms with Crippen molar-refractivity contribution in [3.05, 3.63) is 36.4 Å². The van der Waals surface area contributed by atoms with Gasteiger partial charge in [-0.05, 0) is 18.2 Å². The van der Waals surface area contributed by atoms with E-state index >= 15 is 0 Å². The van der Waals surface area contributed by atoms with Crippen LogP contribution in [-0.4, -0.2) is 23.6 Å². The minimum Gasteiger partial charge on any atom is -0.399 e. The minimum absolute atomic E-state index is 0.00230. The molecule has 0 spiro atoms. The fourth-order valence-corrected chi connectivity index (χ4v) is 2.22. The van der Waals surface area contributed by atoms with Crippen molar-refractivity contribution in [1.29, 1.82) is 0 Å². The maximum absolute atomic E-state index is 13.1. The topological polar surface area (TPSA) is 111 Å². The molecule has 0 atom stereocenters. The molecule has 0 unspecified atom stereocenters. The molecular weight excluding hydrogens is 261 g/mol. The SMILES string of the molecule is Nc1cc(F)cc(S(=O)(=O)Nc2nccnn2)c1. The molecule has 18 heavy (non-hydrogen) atoms. The van der Waals surface area contributed by atoms with Crippen molar-refractivity contribution in [3.63, 3.8) is 0 Å². The zero-order valence-electron chi connectivity index (χ0n) is 8.91.